The van der Waals surface area contributed by atoms with E-state index in [1.165, 1.54) is 0 Å². The highest BCUT2D eigenvalue weighted by atomic mass is 16.7. The van der Waals surface area contributed by atoms with Gasteiger partial charge < -0.3 is 65.0 Å². The molecule has 1 aromatic carbocycles. The highest BCUT2D eigenvalue weighted by Gasteiger charge is 2.44. The van der Waals surface area contributed by atoms with Gasteiger partial charge in [-0.25, -0.2) is 0 Å². The number of benzene rings is 1. The van der Waals surface area contributed by atoms with Gasteiger partial charge in [-0.1, -0.05) is 12.1 Å². The van der Waals surface area contributed by atoms with Crippen LogP contribution < -0.4 is 10.6 Å². The first-order chi connectivity index (χ1) is 19.3. The molecule has 0 bridgehead atoms. The predicted molar refractivity (Wildman–Crippen MR) is 138 cm³/mol. The summed E-state index contributed by atoms with van der Waals surface area (Å²) >= 11 is 0. The summed E-state index contributed by atoms with van der Waals surface area (Å²) in [6, 6.07) is 6.97. The molecule has 2 aliphatic rings. The van der Waals surface area contributed by atoms with Gasteiger partial charge in [-0.3, -0.25) is 4.79 Å². The summed E-state index contributed by atoms with van der Waals surface area (Å²) in [5.41, 5.74) is 1.83. The number of nitrogens with one attached hydrogen (secondary N) is 2. The molecule has 1 aromatic rings. The molecule has 1 saturated heterocycles. The number of carbonyl (C=O) groups excluding carboxylic acids is 1. The molecule has 0 spiro atoms. The van der Waals surface area contributed by atoms with Crippen molar-refractivity contribution in [2.24, 2.45) is 0 Å². The van der Waals surface area contributed by atoms with Crippen molar-refractivity contribution >= 4 is 5.91 Å². The number of hydrogen-bond donors (Lipinski definition) is 8. The topological polar surface area (TPSA) is 209 Å². The minimum absolute atomic E-state index is 0.0465. The molecule has 1 fully saturated rings. The Morgan fingerprint density at radius 2 is 1.57 bits per heavy atom. The van der Waals surface area contributed by atoms with Crippen LogP contribution in [-0.4, -0.2) is 132 Å². The summed E-state index contributed by atoms with van der Waals surface area (Å²) in [5, 5.41) is 64.0. The first-order valence-corrected chi connectivity index (χ1v) is 13.2. The number of carbonyl (C=O) groups is 1. The third-order valence-corrected chi connectivity index (χ3v) is 6.39. The van der Waals surface area contributed by atoms with Crippen LogP contribution in [0.2, 0.25) is 0 Å². The van der Waals surface area contributed by atoms with Crippen LogP contribution in [0.15, 0.2) is 35.7 Å². The number of hydrogen-bond acceptors (Lipinski definition) is 13. The molecule has 7 atom stereocenters. The van der Waals surface area contributed by atoms with E-state index in [0.717, 1.165) is 5.56 Å². The molecule has 1 aliphatic carbocycles. The smallest absolute Gasteiger partial charge is 0.251 e. The summed E-state index contributed by atoms with van der Waals surface area (Å²) in [5.74, 6) is 0.101. The Morgan fingerprint density at radius 1 is 0.900 bits per heavy atom. The summed E-state index contributed by atoms with van der Waals surface area (Å²) in [4.78, 5) is 12.3. The second kappa shape index (κ2) is 16.2. The van der Waals surface area contributed by atoms with Crippen molar-refractivity contribution in [2.75, 3.05) is 52.8 Å². The number of aliphatic hydroxyl groups excluding tert-OH is 6. The molecule has 14 nitrogen and oxygen atoms in total. The summed E-state index contributed by atoms with van der Waals surface area (Å²) in [7, 11) is 0. The molecule has 0 radical (unpaired) electrons. The van der Waals surface area contributed by atoms with Gasteiger partial charge >= 0.3 is 0 Å². The van der Waals surface area contributed by atoms with E-state index >= 15 is 0 Å². The number of aliphatic hydroxyl groups is 6. The summed E-state index contributed by atoms with van der Waals surface area (Å²) in [6.07, 6.45) is -8.64. The average molecular weight is 573 g/mol. The van der Waals surface area contributed by atoms with Crippen molar-refractivity contribution in [3.63, 3.8) is 0 Å². The van der Waals surface area contributed by atoms with E-state index < -0.39 is 49.5 Å². The lowest BCUT2D eigenvalue weighted by Crippen LogP contribution is -2.59. The molecule has 1 aliphatic heterocycles. The first-order valence-electron chi connectivity index (χ1n) is 13.2. The molecular weight excluding hydrogens is 532 g/mol. The fourth-order valence-electron chi connectivity index (χ4n) is 4.08. The van der Waals surface area contributed by atoms with Crippen LogP contribution in [0.4, 0.5) is 0 Å². The van der Waals surface area contributed by atoms with E-state index in [2.05, 4.69) is 10.6 Å². The van der Waals surface area contributed by atoms with Crippen LogP contribution in [0.3, 0.4) is 0 Å². The molecular formula is C26H40N2O12. The van der Waals surface area contributed by atoms with Crippen molar-refractivity contribution in [2.45, 2.75) is 56.4 Å². The van der Waals surface area contributed by atoms with Crippen molar-refractivity contribution in [1.82, 2.24) is 10.6 Å². The molecule has 3 unspecified atom stereocenters. The van der Waals surface area contributed by atoms with E-state index in [9.17, 15) is 35.4 Å². The van der Waals surface area contributed by atoms with Gasteiger partial charge in [0.05, 0.1) is 51.9 Å². The fourth-order valence-corrected chi connectivity index (χ4v) is 4.08. The lowest BCUT2D eigenvalue weighted by molar-refractivity contribution is -0.302. The molecule has 226 valence electrons. The van der Waals surface area contributed by atoms with Gasteiger partial charge in [0.1, 0.15) is 42.4 Å². The maximum atomic E-state index is 12.3. The van der Waals surface area contributed by atoms with Crippen molar-refractivity contribution in [3.8, 4) is 0 Å². The van der Waals surface area contributed by atoms with Gasteiger partial charge in [0.2, 0.25) is 0 Å². The highest BCUT2D eigenvalue weighted by molar-refractivity contribution is 5.94. The molecule has 0 aromatic heterocycles. The SMILES string of the molecule is CCOC1=C(NCc2ccc(C(=O)NCCOCCOCCOC3O[C@H](CO)[C@@H](O)[C@H](O)[C@@H]3O)cc2)C(O)C1O. The van der Waals surface area contributed by atoms with Gasteiger partial charge in [-0.15, -0.1) is 0 Å². The van der Waals surface area contributed by atoms with Gasteiger partial charge in [-0.2, -0.15) is 0 Å². The zero-order valence-electron chi connectivity index (χ0n) is 22.3. The van der Waals surface area contributed by atoms with Crippen LogP contribution in [-0.2, 0) is 30.2 Å². The standard InChI is InChI=1S/C26H40N2O12/c1-2-38-24-18(20(31)22(24)33)28-13-15-3-5-16(6-4-15)25(35)27-7-8-36-9-10-37-11-12-39-26-23(34)21(32)19(30)17(14-29)40-26/h3-6,17,19-23,26,28-34H,2,7-14H2,1H3,(H,27,35)/t17-,19-,20?,21+,22?,23+,26?/m1/s1. The van der Waals surface area contributed by atoms with E-state index in [0.29, 0.717) is 36.7 Å². The average Bonchev–Trinajstić information content (AvgIpc) is 2.97. The quantitative estimate of drug-likeness (QED) is 0.0898. The predicted octanol–water partition coefficient (Wildman–Crippen LogP) is -2.66. The van der Waals surface area contributed by atoms with Crippen LogP contribution in [0.25, 0.3) is 0 Å². The van der Waals surface area contributed by atoms with Crippen LogP contribution >= 0.6 is 0 Å². The number of ether oxygens (including phenoxy) is 5. The van der Waals surface area contributed by atoms with Crippen molar-refractivity contribution < 1.29 is 59.1 Å². The third-order valence-electron chi connectivity index (χ3n) is 6.39. The van der Waals surface area contributed by atoms with E-state index in [1.807, 2.05) is 0 Å². The minimum Gasteiger partial charge on any atom is -0.493 e. The van der Waals surface area contributed by atoms with E-state index in [1.54, 1.807) is 31.2 Å². The molecule has 1 amide bonds. The Kier molecular flexibility index (Phi) is 13.0. The molecule has 14 heteroatoms. The monoisotopic (exact) mass is 572 g/mol. The zero-order valence-corrected chi connectivity index (χ0v) is 22.3. The maximum absolute atomic E-state index is 12.3. The first kappa shape index (κ1) is 32.1. The minimum atomic E-state index is -1.50. The largest absolute Gasteiger partial charge is 0.493 e. The molecule has 3 rings (SSSR count). The van der Waals surface area contributed by atoms with Crippen molar-refractivity contribution in [1.29, 1.82) is 0 Å². The second-order valence-corrected chi connectivity index (χ2v) is 9.20. The number of amides is 1. The zero-order chi connectivity index (χ0) is 29.1. The van der Waals surface area contributed by atoms with Gasteiger partial charge in [-0.05, 0) is 24.6 Å². The Hall–Kier alpha value is -2.37. The molecule has 40 heavy (non-hydrogen) atoms. The fraction of sp³-hybridized carbons (Fsp3) is 0.654. The highest BCUT2D eigenvalue weighted by Crippen LogP contribution is 2.28. The Bertz CT molecular complexity index is 944. The van der Waals surface area contributed by atoms with Crippen LogP contribution in [0, 0.1) is 0 Å². The van der Waals surface area contributed by atoms with Crippen LogP contribution in [0.5, 0.6) is 0 Å². The molecule has 1 heterocycles. The lowest BCUT2D eigenvalue weighted by Gasteiger charge is -2.39. The Morgan fingerprint density at radius 3 is 2.25 bits per heavy atom. The van der Waals surface area contributed by atoms with Gasteiger partial charge in [0.15, 0.2) is 6.29 Å². The number of rotatable bonds is 17. The third kappa shape index (κ3) is 8.57. The van der Waals surface area contributed by atoms with E-state index in [4.69, 9.17) is 23.7 Å². The summed E-state index contributed by atoms with van der Waals surface area (Å²) < 4.78 is 26.7. The normalized spacial score (nSPS) is 28.2. The summed E-state index contributed by atoms with van der Waals surface area (Å²) in [6.45, 7) is 3.39. The van der Waals surface area contributed by atoms with Gasteiger partial charge in [0.25, 0.3) is 5.91 Å². The molecule has 0 saturated carbocycles. The maximum Gasteiger partial charge on any atom is 0.251 e. The van der Waals surface area contributed by atoms with Crippen molar-refractivity contribution in [3.05, 3.63) is 46.8 Å². The van der Waals surface area contributed by atoms with E-state index in [-0.39, 0.29) is 38.9 Å². The second-order valence-electron chi connectivity index (χ2n) is 9.20. The van der Waals surface area contributed by atoms with Crippen LogP contribution in [0.1, 0.15) is 22.8 Å². The Labute approximate surface area is 232 Å². The van der Waals surface area contributed by atoms with Gasteiger partial charge in [0, 0.05) is 18.7 Å². The lowest BCUT2D eigenvalue weighted by atomic mass is 9.95. The molecule has 8 N–H and O–H groups in total. The Balaban J connectivity index is 1.22.